The van der Waals surface area contributed by atoms with Crippen molar-refractivity contribution in [1.29, 1.82) is 0 Å². The van der Waals surface area contributed by atoms with E-state index in [0.717, 1.165) is 12.1 Å². The van der Waals surface area contributed by atoms with Gasteiger partial charge in [0.25, 0.3) is 0 Å². The van der Waals surface area contributed by atoms with Crippen molar-refractivity contribution >= 4 is 17.6 Å². The van der Waals surface area contributed by atoms with E-state index in [0.29, 0.717) is 19.3 Å². The summed E-state index contributed by atoms with van der Waals surface area (Å²) in [5.74, 6) is -3.37. The average molecular weight is 301 g/mol. The van der Waals surface area contributed by atoms with Crippen molar-refractivity contribution in [2.75, 3.05) is 5.32 Å². The number of para-hydroxylation sites is 1. The van der Waals surface area contributed by atoms with Crippen LogP contribution in [0.15, 0.2) is 24.3 Å². The summed E-state index contributed by atoms with van der Waals surface area (Å²) in [7, 11) is 0. The van der Waals surface area contributed by atoms with Crippen LogP contribution < -0.4 is 5.32 Å². The molecular formula is C14H14F3NO3. The lowest BCUT2D eigenvalue weighted by Gasteiger charge is -2.18. The van der Waals surface area contributed by atoms with Crippen LogP contribution >= 0.6 is 0 Å². The van der Waals surface area contributed by atoms with Crippen LogP contribution in [0.3, 0.4) is 0 Å². The number of halogens is 3. The van der Waals surface area contributed by atoms with E-state index in [1.54, 1.807) is 0 Å². The number of benzene rings is 1. The Labute approximate surface area is 119 Å². The lowest BCUT2D eigenvalue weighted by atomic mass is 9.95. The first kappa shape index (κ1) is 15.3. The SMILES string of the molecule is O=C(O)C1CCCC1C(=O)Nc1ccccc1C(F)(F)F. The van der Waals surface area contributed by atoms with Crippen LogP contribution in [0.5, 0.6) is 0 Å². The van der Waals surface area contributed by atoms with Crippen LogP contribution in [0.2, 0.25) is 0 Å². The molecule has 0 bridgehead atoms. The highest BCUT2D eigenvalue weighted by Crippen LogP contribution is 2.36. The van der Waals surface area contributed by atoms with Gasteiger partial charge >= 0.3 is 12.1 Å². The highest BCUT2D eigenvalue weighted by Gasteiger charge is 2.39. The number of nitrogens with one attached hydrogen (secondary N) is 1. The Kier molecular flexibility index (Phi) is 4.20. The minimum Gasteiger partial charge on any atom is -0.481 e. The molecule has 1 aliphatic rings. The summed E-state index contributed by atoms with van der Waals surface area (Å²) in [5.41, 5.74) is -1.28. The minimum atomic E-state index is -4.58. The molecule has 0 radical (unpaired) electrons. The highest BCUT2D eigenvalue weighted by molar-refractivity contribution is 5.96. The second-order valence-corrected chi connectivity index (χ2v) is 5.01. The van der Waals surface area contributed by atoms with Gasteiger partial charge in [-0.1, -0.05) is 18.6 Å². The Morgan fingerprint density at radius 3 is 2.38 bits per heavy atom. The molecule has 2 atom stereocenters. The van der Waals surface area contributed by atoms with Crippen LogP contribution in [0.25, 0.3) is 0 Å². The third-order valence-corrected chi connectivity index (χ3v) is 3.66. The Bertz CT molecular complexity index is 557. The van der Waals surface area contributed by atoms with E-state index < -0.39 is 35.5 Å². The zero-order chi connectivity index (χ0) is 15.6. The largest absolute Gasteiger partial charge is 0.481 e. The van der Waals surface area contributed by atoms with Gasteiger partial charge in [-0.3, -0.25) is 9.59 Å². The molecule has 114 valence electrons. The summed E-state index contributed by atoms with van der Waals surface area (Å²) in [6, 6.07) is 4.65. The van der Waals surface area contributed by atoms with Gasteiger partial charge < -0.3 is 10.4 Å². The monoisotopic (exact) mass is 301 g/mol. The second-order valence-electron chi connectivity index (χ2n) is 5.01. The first-order chi connectivity index (χ1) is 9.80. The van der Waals surface area contributed by atoms with Crippen LogP contribution in [-0.4, -0.2) is 17.0 Å². The molecule has 0 aromatic heterocycles. The van der Waals surface area contributed by atoms with Crippen LogP contribution in [0, 0.1) is 11.8 Å². The number of amides is 1. The van der Waals surface area contributed by atoms with Crippen molar-refractivity contribution in [2.45, 2.75) is 25.4 Å². The minimum absolute atomic E-state index is 0.342. The fourth-order valence-electron chi connectivity index (χ4n) is 2.63. The van der Waals surface area contributed by atoms with Crippen LogP contribution in [0.1, 0.15) is 24.8 Å². The topological polar surface area (TPSA) is 66.4 Å². The number of alkyl halides is 3. The third kappa shape index (κ3) is 3.34. The summed E-state index contributed by atoms with van der Waals surface area (Å²) < 4.78 is 38.5. The number of carboxylic acids is 1. The molecule has 4 nitrogen and oxygen atoms in total. The lowest BCUT2D eigenvalue weighted by Crippen LogP contribution is -2.30. The zero-order valence-electron chi connectivity index (χ0n) is 11.0. The Hall–Kier alpha value is -2.05. The molecule has 1 aliphatic carbocycles. The number of aliphatic carboxylic acids is 1. The number of hydrogen-bond donors (Lipinski definition) is 2. The molecule has 1 fully saturated rings. The Morgan fingerprint density at radius 1 is 1.14 bits per heavy atom. The molecule has 1 aromatic rings. The number of anilines is 1. The van der Waals surface area contributed by atoms with E-state index in [9.17, 15) is 22.8 Å². The smallest absolute Gasteiger partial charge is 0.418 e. The summed E-state index contributed by atoms with van der Waals surface area (Å²) in [4.78, 5) is 23.1. The molecule has 1 amide bonds. The van der Waals surface area contributed by atoms with Gasteiger partial charge in [0.15, 0.2) is 0 Å². The Morgan fingerprint density at radius 2 is 1.76 bits per heavy atom. The summed E-state index contributed by atoms with van der Waals surface area (Å²) in [6.45, 7) is 0. The first-order valence-electron chi connectivity index (χ1n) is 6.50. The maximum Gasteiger partial charge on any atom is 0.418 e. The number of rotatable bonds is 3. The van der Waals surface area contributed by atoms with Crippen LogP contribution in [0.4, 0.5) is 18.9 Å². The van der Waals surface area contributed by atoms with Crippen molar-refractivity contribution in [3.8, 4) is 0 Å². The average Bonchev–Trinajstić information content (AvgIpc) is 2.87. The van der Waals surface area contributed by atoms with Gasteiger partial charge in [0.1, 0.15) is 0 Å². The van der Waals surface area contributed by atoms with E-state index in [4.69, 9.17) is 5.11 Å². The molecule has 1 aromatic carbocycles. The predicted octanol–water partition coefficient (Wildman–Crippen LogP) is 3.14. The van der Waals surface area contributed by atoms with E-state index in [1.165, 1.54) is 12.1 Å². The van der Waals surface area contributed by atoms with Crippen molar-refractivity contribution in [3.05, 3.63) is 29.8 Å². The number of carbonyl (C=O) groups is 2. The van der Waals surface area contributed by atoms with Gasteiger partial charge in [-0.25, -0.2) is 0 Å². The molecule has 2 N–H and O–H groups in total. The third-order valence-electron chi connectivity index (χ3n) is 3.66. The maximum absolute atomic E-state index is 12.8. The molecule has 0 spiro atoms. The first-order valence-corrected chi connectivity index (χ1v) is 6.50. The predicted molar refractivity (Wildman–Crippen MR) is 68.5 cm³/mol. The fourth-order valence-corrected chi connectivity index (χ4v) is 2.63. The quantitative estimate of drug-likeness (QED) is 0.901. The molecule has 1 saturated carbocycles. The van der Waals surface area contributed by atoms with Crippen molar-refractivity contribution < 1.29 is 27.9 Å². The normalized spacial score (nSPS) is 22.0. The molecule has 0 heterocycles. The lowest BCUT2D eigenvalue weighted by molar-refractivity contribution is -0.145. The van der Waals surface area contributed by atoms with Gasteiger partial charge in [0, 0.05) is 0 Å². The van der Waals surface area contributed by atoms with Crippen molar-refractivity contribution in [1.82, 2.24) is 0 Å². The zero-order valence-corrected chi connectivity index (χ0v) is 11.0. The molecule has 2 rings (SSSR count). The molecule has 7 heteroatoms. The summed E-state index contributed by atoms with van der Waals surface area (Å²) >= 11 is 0. The van der Waals surface area contributed by atoms with Crippen molar-refractivity contribution in [3.63, 3.8) is 0 Å². The fraction of sp³-hybridized carbons (Fsp3) is 0.429. The van der Waals surface area contributed by atoms with E-state index in [-0.39, 0.29) is 5.69 Å². The summed E-state index contributed by atoms with van der Waals surface area (Å²) in [6.07, 6.45) is -3.26. The van der Waals surface area contributed by atoms with E-state index in [1.807, 2.05) is 0 Å². The van der Waals surface area contributed by atoms with Gasteiger partial charge in [-0.15, -0.1) is 0 Å². The van der Waals surface area contributed by atoms with Crippen LogP contribution in [-0.2, 0) is 15.8 Å². The highest BCUT2D eigenvalue weighted by atomic mass is 19.4. The standard InChI is InChI=1S/C14H14F3NO3/c15-14(16,17)10-6-1-2-7-11(10)18-12(19)8-4-3-5-9(8)13(20)21/h1-2,6-9H,3-5H2,(H,18,19)(H,20,21). The van der Waals surface area contributed by atoms with E-state index >= 15 is 0 Å². The molecular weight excluding hydrogens is 287 g/mol. The van der Waals surface area contributed by atoms with Gasteiger partial charge in [0.2, 0.25) is 5.91 Å². The molecule has 21 heavy (non-hydrogen) atoms. The summed E-state index contributed by atoms with van der Waals surface area (Å²) in [5, 5.41) is 11.2. The molecule has 0 aliphatic heterocycles. The molecule has 0 saturated heterocycles. The van der Waals surface area contributed by atoms with Gasteiger partial charge in [0.05, 0.1) is 23.1 Å². The number of hydrogen-bond acceptors (Lipinski definition) is 2. The van der Waals surface area contributed by atoms with Crippen molar-refractivity contribution in [2.24, 2.45) is 11.8 Å². The molecule has 2 unspecified atom stereocenters. The Balaban J connectivity index is 2.19. The second kappa shape index (κ2) is 5.75. The number of carboxylic acid groups (broad SMARTS) is 1. The number of carbonyl (C=O) groups excluding carboxylic acids is 1. The van der Waals surface area contributed by atoms with Gasteiger partial charge in [-0.2, -0.15) is 13.2 Å². The van der Waals surface area contributed by atoms with E-state index in [2.05, 4.69) is 5.32 Å². The van der Waals surface area contributed by atoms with Gasteiger partial charge in [-0.05, 0) is 25.0 Å². The maximum atomic E-state index is 12.8.